The molecule has 0 aliphatic heterocycles. The van der Waals surface area contributed by atoms with Gasteiger partial charge in [0.25, 0.3) is 0 Å². The molecule has 1 aliphatic rings. The smallest absolute Gasteiger partial charge is 0.318 e. The molecule has 0 spiro atoms. The lowest BCUT2D eigenvalue weighted by Crippen LogP contribution is -2.55. The van der Waals surface area contributed by atoms with Crippen molar-refractivity contribution in [2.24, 2.45) is 5.16 Å². The highest BCUT2D eigenvalue weighted by molar-refractivity contribution is 5.93. The van der Waals surface area contributed by atoms with Crippen LogP contribution >= 0.6 is 0 Å². The van der Waals surface area contributed by atoms with Gasteiger partial charge >= 0.3 is 6.03 Å². The Morgan fingerprint density at radius 3 is 2.39 bits per heavy atom. The third-order valence-corrected chi connectivity index (χ3v) is 4.11. The first kappa shape index (κ1) is 14.8. The van der Waals surface area contributed by atoms with E-state index in [0.717, 1.165) is 12.8 Å². The summed E-state index contributed by atoms with van der Waals surface area (Å²) in [6.07, 6.45) is 5.77. The molecule has 0 aromatic heterocycles. The molecule has 1 rings (SSSR count). The van der Waals surface area contributed by atoms with Gasteiger partial charge in [-0.3, -0.25) is 0 Å². The Labute approximate surface area is 109 Å². The topological polar surface area (TPSA) is 64.9 Å². The summed E-state index contributed by atoms with van der Waals surface area (Å²) < 4.78 is 0. The predicted molar refractivity (Wildman–Crippen MR) is 72.1 cm³/mol. The fourth-order valence-electron chi connectivity index (χ4n) is 2.14. The van der Waals surface area contributed by atoms with E-state index in [0.29, 0.717) is 5.71 Å². The fourth-order valence-corrected chi connectivity index (χ4v) is 2.14. The van der Waals surface area contributed by atoms with Crippen LogP contribution in [0.2, 0.25) is 0 Å². The Morgan fingerprint density at radius 2 is 1.89 bits per heavy atom. The van der Waals surface area contributed by atoms with Crippen LogP contribution in [0, 0.1) is 0 Å². The average molecular weight is 255 g/mol. The third-order valence-electron chi connectivity index (χ3n) is 4.11. The van der Waals surface area contributed by atoms with Gasteiger partial charge in [0.05, 0.1) is 11.3 Å². The molecule has 0 unspecified atom stereocenters. The highest BCUT2D eigenvalue weighted by Gasteiger charge is 2.32. The van der Waals surface area contributed by atoms with Crippen LogP contribution < -0.4 is 5.32 Å². The van der Waals surface area contributed by atoms with E-state index in [1.807, 2.05) is 13.8 Å². The minimum Gasteiger partial charge on any atom is -0.411 e. The van der Waals surface area contributed by atoms with Crippen molar-refractivity contribution < 1.29 is 10.0 Å². The first-order chi connectivity index (χ1) is 8.39. The Kier molecular flexibility index (Phi) is 4.99. The van der Waals surface area contributed by atoms with Crippen LogP contribution in [0.3, 0.4) is 0 Å². The lowest BCUT2D eigenvalue weighted by molar-refractivity contribution is 0.174. The maximum atomic E-state index is 12.2. The number of carbonyl (C=O) groups excluding carboxylic acids is 1. The predicted octanol–water partition coefficient (Wildman–Crippen LogP) is 2.59. The molecule has 1 fully saturated rings. The minimum absolute atomic E-state index is 0.102. The molecule has 0 aromatic rings. The van der Waals surface area contributed by atoms with Crippen LogP contribution in [0.1, 0.15) is 52.9 Å². The molecule has 5 nitrogen and oxygen atoms in total. The van der Waals surface area contributed by atoms with Gasteiger partial charge in [0.1, 0.15) is 0 Å². The molecular formula is C13H25N3O2. The van der Waals surface area contributed by atoms with E-state index < -0.39 is 5.54 Å². The molecule has 0 saturated heterocycles. The number of nitrogens with zero attached hydrogens (tertiary/aromatic N) is 2. The molecule has 18 heavy (non-hydrogen) atoms. The van der Waals surface area contributed by atoms with Crippen LogP contribution in [0.15, 0.2) is 5.16 Å². The zero-order valence-electron chi connectivity index (χ0n) is 11.9. The number of oxime groups is 1. The van der Waals surface area contributed by atoms with Gasteiger partial charge in [0.2, 0.25) is 0 Å². The molecule has 104 valence electrons. The molecule has 0 radical (unpaired) electrons. The van der Waals surface area contributed by atoms with Crippen molar-refractivity contribution in [3.8, 4) is 0 Å². The van der Waals surface area contributed by atoms with Gasteiger partial charge in [-0.2, -0.15) is 0 Å². The summed E-state index contributed by atoms with van der Waals surface area (Å²) in [6.45, 7) is 5.44. The molecule has 0 atom stereocenters. The molecule has 0 aromatic carbocycles. The van der Waals surface area contributed by atoms with E-state index in [4.69, 9.17) is 5.21 Å². The highest BCUT2D eigenvalue weighted by Crippen LogP contribution is 2.19. The summed E-state index contributed by atoms with van der Waals surface area (Å²) in [5.41, 5.74) is -0.0724. The van der Waals surface area contributed by atoms with E-state index in [-0.39, 0.29) is 12.1 Å². The van der Waals surface area contributed by atoms with Gasteiger partial charge in [-0.05, 0) is 33.6 Å². The number of urea groups is 1. The van der Waals surface area contributed by atoms with Crippen molar-refractivity contribution in [1.82, 2.24) is 10.2 Å². The van der Waals surface area contributed by atoms with Crippen molar-refractivity contribution in [2.75, 3.05) is 7.05 Å². The maximum Gasteiger partial charge on any atom is 0.318 e. The Morgan fingerprint density at radius 1 is 1.33 bits per heavy atom. The van der Waals surface area contributed by atoms with E-state index in [9.17, 15) is 4.79 Å². The number of hydrogen-bond acceptors (Lipinski definition) is 3. The summed E-state index contributed by atoms with van der Waals surface area (Å²) in [5, 5.41) is 15.1. The van der Waals surface area contributed by atoms with Crippen LogP contribution in [0.4, 0.5) is 4.79 Å². The number of rotatable bonds is 3. The quantitative estimate of drug-likeness (QED) is 0.462. The molecule has 2 amide bonds. The number of nitrogens with one attached hydrogen (secondary N) is 1. The number of carbonyl (C=O) groups is 1. The first-order valence-electron chi connectivity index (χ1n) is 6.63. The van der Waals surface area contributed by atoms with Crippen molar-refractivity contribution in [2.45, 2.75) is 64.5 Å². The van der Waals surface area contributed by atoms with E-state index >= 15 is 0 Å². The molecule has 1 saturated carbocycles. The molecule has 1 aliphatic carbocycles. The summed E-state index contributed by atoms with van der Waals surface area (Å²) in [7, 11) is 1.73. The SMILES string of the molecule is C/C(=N/O)C(C)(C)N(C)C(=O)NC1CCCCC1. The molecule has 2 N–H and O–H groups in total. The second-order valence-corrected chi connectivity index (χ2v) is 5.59. The van der Waals surface area contributed by atoms with Crippen molar-refractivity contribution in [3.63, 3.8) is 0 Å². The zero-order chi connectivity index (χ0) is 13.8. The fraction of sp³-hybridized carbons (Fsp3) is 0.846. The van der Waals surface area contributed by atoms with Crippen LogP contribution in [-0.4, -0.2) is 40.5 Å². The molecular weight excluding hydrogens is 230 g/mol. The lowest BCUT2D eigenvalue weighted by atomic mass is 9.95. The monoisotopic (exact) mass is 255 g/mol. The van der Waals surface area contributed by atoms with Gasteiger partial charge < -0.3 is 15.4 Å². The first-order valence-corrected chi connectivity index (χ1v) is 6.63. The van der Waals surface area contributed by atoms with Crippen molar-refractivity contribution in [1.29, 1.82) is 0 Å². The summed E-state index contributed by atoms with van der Waals surface area (Å²) >= 11 is 0. The molecule has 0 bridgehead atoms. The summed E-state index contributed by atoms with van der Waals surface area (Å²) in [5.74, 6) is 0. The third kappa shape index (κ3) is 3.37. The summed E-state index contributed by atoms with van der Waals surface area (Å²) in [6, 6.07) is 0.186. The van der Waals surface area contributed by atoms with Gasteiger partial charge in [0, 0.05) is 13.1 Å². The number of amides is 2. The Bertz CT molecular complexity index is 320. The van der Waals surface area contributed by atoms with Gasteiger partial charge in [-0.1, -0.05) is 24.4 Å². The van der Waals surface area contributed by atoms with Gasteiger partial charge in [-0.25, -0.2) is 4.79 Å². The van der Waals surface area contributed by atoms with E-state index in [2.05, 4.69) is 10.5 Å². The minimum atomic E-state index is -0.590. The Balaban J connectivity index is 2.60. The maximum absolute atomic E-state index is 12.2. The van der Waals surface area contributed by atoms with Crippen molar-refractivity contribution in [3.05, 3.63) is 0 Å². The second-order valence-electron chi connectivity index (χ2n) is 5.59. The lowest BCUT2D eigenvalue weighted by Gasteiger charge is -2.36. The van der Waals surface area contributed by atoms with Gasteiger partial charge in [-0.15, -0.1) is 0 Å². The van der Waals surface area contributed by atoms with Gasteiger partial charge in [0.15, 0.2) is 0 Å². The molecule has 0 heterocycles. The van der Waals surface area contributed by atoms with E-state index in [1.54, 1.807) is 18.9 Å². The van der Waals surface area contributed by atoms with Crippen LogP contribution in [0.5, 0.6) is 0 Å². The number of hydrogen-bond donors (Lipinski definition) is 2. The summed E-state index contributed by atoms with van der Waals surface area (Å²) in [4.78, 5) is 13.8. The zero-order valence-corrected chi connectivity index (χ0v) is 11.9. The average Bonchev–Trinajstić information content (AvgIpc) is 2.37. The largest absolute Gasteiger partial charge is 0.411 e. The van der Waals surface area contributed by atoms with Crippen LogP contribution in [0.25, 0.3) is 0 Å². The standard InChI is InChI=1S/C13H25N3O2/c1-10(15-18)13(2,3)16(4)12(17)14-11-8-6-5-7-9-11/h11,18H,5-9H2,1-4H3,(H,14,17)/b15-10-. The van der Waals surface area contributed by atoms with Crippen LogP contribution in [-0.2, 0) is 0 Å². The van der Waals surface area contributed by atoms with E-state index in [1.165, 1.54) is 19.3 Å². The Hall–Kier alpha value is -1.26. The van der Waals surface area contributed by atoms with Crippen molar-refractivity contribution >= 4 is 11.7 Å². The highest BCUT2D eigenvalue weighted by atomic mass is 16.4. The normalized spacial score (nSPS) is 18.6. The molecule has 5 heteroatoms. The second kappa shape index (κ2) is 6.07.